The van der Waals surface area contributed by atoms with Crippen LogP contribution in [0.3, 0.4) is 0 Å². The normalized spacial score (nSPS) is 16.5. The number of hydrogen-bond acceptors (Lipinski definition) is 3. The first-order valence-electron chi connectivity index (χ1n) is 5.72. The molecule has 1 heterocycles. The molecule has 0 unspecified atom stereocenters. The number of nitrogens with one attached hydrogen (secondary N) is 1. The van der Waals surface area contributed by atoms with Crippen molar-refractivity contribution in [3.63, 3.8) is 0 Å². The predicted molar refractivity (Wildman–Crippen MR) is 68.5 cm³/mol. The van der Waals surface area contributed by atoms with Crippen molar-refractivity contribution in [2.24, 2.45) is 0 Å². The Labute approximate surface area is 105 Å². The van der Waals surface area contributed by atoms with Crippen molar-refractivity contribution in [1.29, 1.82) is 0 Å². The number of nitrogens with zero attached hydrogens (tertiary/aromatic N) is 2. The lowest BCUT2D eigenvalue weighted by Gasteiger charge is -2.24. The van der Waals surface area contributed by atoms with Gasteiger partial charge in [-0.3, -0.25) is 0 Å². The van der Waals surface area contributed by atoms with E-state index in [1.807, 2.05) is 13.2 Å². The molecule has 1 fully saturated rings. The summed E-state index contributed by atoms with van der Waals surface area (Å²) in [6.07, 6.45) is 5.29. The van der Waals surface area contributed by atoms with Gasteiger partial charge in [0.15, 0.2) is 0 Å². The number of aromatic nitrogens is 2. The molecule has 4 heteroatoms. The molecule has 0 saturated heterocycles. The van der Waals surface area contributed by atoms with E-state index in [9.17, 15) is 0 Å². The van der Waals surface area contributed by atoms with E-state index in [1.165, 1.54) is 12.8 Å². The zero-order chi connectivity index (χ0) is 11.8. The van der Waals surface area contributed by atoms with Gasteiger partial charge in [-0.15, -0.1) is 0 Å². The third kappa shape index (κ3) is 2.80. The Balaban J connectivity index is 2.21. The van der Waals surface area contributed by atoms with Gasteiger partial charge in [0.2, 0.25) is 0 Å². The number of rotatable bonds is 4. The van der Waals surface area contributed by atoms with Crippen LogP contribution in [0.1, 0.15) is 44.1 Å². The Morgan fingerprint density at radius 2 is 2.19 bits per heavy atom. The van der Waals surface area contributed by atoms with Gasteiger partial charge in [0.05, 0.1) is 10.2 Å². The van der Waals surface area contributed by atoms with Gasteiger partial charge in [0.25, 0.3) is 0 Å². The molecule has 0 atom stereocenters. The molecule has 0 aromatic carbocycles. The molecule has 0 spiro atoms. The van der Waals surface area contributed by atoms with Crippen LogP contribution < -0.4 is 5.32 Å². The highest BCUT2D eigenvalue weighted by Gasteiger charge is 2.28. The Hall–Kier alpha value is -0.480. The minimum absolute atomic E-state index is 0.0672. The Morgan fingerprint density at radius 1 is 1.50 bits per heavy atom. The Kier molecular flexibility index (Phi) is 3.31. The van der Waals surface area contributed by atoms with Gasteiger partial charge in [-0.25, -0.2) is 9.97 Å². The molecule has 16 heavy (non-hydrogen) atoms. The van der Waals surface area contributed by atoms with Crippen molar-refractivity contribution in [2.45, 2.75) is 44.6 Å². The van der Waals surface area contributed by atoms with Gasteiger partial charge < -0.3 is 5.32 Å². The lowest BCUT2D eigenvalue weighted by atomic mass is 9.99. The van der Waals surface area contributed by atoms with Crippen LogP contribution in [0.15, 0.2) is 10.7 Å². The van der Waals surface area contributed by atoms with Crippen molar-refractivity contribution in [2.75, 3.05) is 7.05 Å². The van der Waals surface area contributed by atoms with Gasteiger partial charge >= 0.3 is 0 Å². The maximum Gasteiger partial charge on any atom is 0.131 e. The third-order valence-electron chi connectivity index (χ3n) is 3.06. The largest absolute Gasteiger partial charge is 0.314 e. The minimum atomic E-state index is 0.0672. The Morgan fingerprint density at radius 3 is 2.75 bits per heavy atom. The number of hydrogen-bond donors (Lipinski definition) is 1. The average molecular weight is 284 g/mol. The maximum absolute atomic E-state index is 4.67. The van der Waals surface area contributed by atoms with Crippen LogP contribution in [0.5, 0.6) is 0 Å². The number of halogens is 1. The second-order valence-corrected chi connectivity index (χ2v) is 5.96. The summed E-state index contributed by atoms with van der Waals surface area (Å²) in [6, 6.07) is 0. The van der Waals surface area contributed by atoms with E-state index in [-0.39, 0.29) is 5.54 Å². The lowest BCUT2D eigenvalue weighted by molar-refractivity contribution is 0.416. The lowest BCUT2D eigenvalue weighted by Crippen LogP contribution is -2.38. The minimum Gasteiger partial charge on any atom is -0.314 e. The van der Waals surface area contributed by atoms with Crippen molar-refractivity contribution in [1.82, 2.24) is 15.3 Å². The summed E-state index contributed by atoms with van der Waals surface area (Å²) in [4.78, 5) is 9.05. The van der Waals surface area contributed by atoms with E-state index in [0.717, 1.165) is 22.4 Å². The fourth-order valence-corrected chi connectivity index (χ4v) is 1.92. The predicted octanol–water partition coefficient (Wildman–Crippen LogP) is 2.66. The highest BCUT2D eigenvalue weighted by molar-refractivity contribution is 9.10. The molecule has 0 radical (unpaired) electrons. The van der Waals surface area contributed by atoms with Gasteiger partial charge in [-0.2, -0.15) is 0 Å². The van der Waals surface area contributed by atoms with Crippen LogP contribution in [0.2, 0.25) is 0 Å². The molecule has 0 amide bonds. The van der Waals surface area contributed by atoms with Crippen LogP contribution in [0.25, 0.3) is 0 Å². The molecule has 1 aromatic rings. The monoisotopic (exact) mass is 283 g/mol. The molecular weight excluding hydrogens is 266 g/mol. The molecule has 1 aliphatic rings. The molecule has 0 bridgehead atoms. The molecule has 1 saturated carbocycles. The average Bonchev–Trinajstić information content (AvgIpc) is 3.05. The first kappa shape index (κ1) is 12.0. The fourth-order valence-electron chi connectivity index (χ4n) is 1.59. The molecular formula is C12H18BrN3. The van der Waals surface area contributed by atoms with E-state index in [0.29, 0.717) is 5.92 Å². The molecule has 1 aliphatic carbocycles. The van der Waals surface area contributed by atoms with Gasteiger partial charge in [0.1, 0.15) is 5.82 Å². The summed E-state index contributed by atoms with van der Waals surface area (Å²) < 4.78 is 1.01. The molecule has 2 rings (SSSR count). The van der Waals surface area contributed by atoms with Crippen molar-refractivity contribution < 1.29 is 0 Å². The van der Waals surface area contributed by atoms with Gasteiger partial charge in [-0.05, 0) is 49.7 Å². The zero-order valence-corrected chi connectivity index (χ0v) is 11.6. The van der Waals surface area contributed by atoms with Crippen LogP contribution >= 0.6 is 15.9 Å². The standard InChI is InChI=1S/C12H18BrN3/c1-12(2,14-3)6-10-9(13)7-15-11(16-10)8-4-5-8/h7-8,14H,4-6H2,1-3H3. The topological polar surface area (TPSA) is 37.8 Å². The summed E-state index contributed by atoms with van der Waals surface area (Å²) in [5.41, 5.74) is 1.17. The number of likely N-dealkylation sites (N-methyl/N-ethyl adjacent to an activating group) is 1. The molecule has 1 aromatic heterocycles. The van der Waals surface area contributed by atoms with Crippen LogP contribution in [-0.4, -0.2) is 22.6 Å². The van der Waals surface area contributed by atoms with E-state index in [1.54, 1.807) is 0 Å². The summed E-state index contributed by atoms with van der Waals surface area (Å²) >= 11 is 3.53. The second kappa shape index (κ2) is 4.41. The smallest absolute Gasteiger partial charge is 0.131 e. The van der Waals surface area contributed by atoms with Gasteiger partial charge in [0, 0.05) is 24.1 Å². The van der Waals surface area contributed by atoms with Crippen molar-refractivity contribution in [3.8, 4) is 0 Å². The van der Waals surface area contributed by atoms with E-state index < -0.39 is 0 Å². The summed E-state index contributed by atoms with van der Waals surface area (Å²) in [7, 11) is 1.98. The molecule has 1 N–H and O–H groups in total. The quantitative estimate of drug-likeness (QED) is 0.923. The molecule has 0 aliphatic heterocycles. The fraction of sp³-hybridized carbons (Fsp3) is 0.667. The van der Waals surface area contributed by atoms with E-state index in [4.69, 9.17) is 0 Å². The third-order valence-corrected chi connectivity index (χ3v) is 3.73. The van der Waals surface area contributed by atoms with Crippen LogP contribution in [0, 0.1) is 0 Å². The Bertz CT molecular complexity index is 386. The summed E-state index contributed by atoms with van der Waals surface area (Å²) in [5.74, 6) is 1.63. The second-order valence-electron chi connectivity index (χ2n) is 5.11. The molecule has 88 valence electrons. The first-order chi connectivity index (χ1) is 7.52. The van der Waals surface area contributed by atoms with Crippen LogP contribution in [-0.2, 0) is 6.42 Å². The van der Waals surface area contributed by atoms with Crippen LogP contribution in [0.4, 0.5) is 0 Å². The van der Waals surface area contributed by atoms with Crippen molar-refractivity contribution in [3.05, 3.63) is 22.2 Å². The highest BCUT2D eigenvalue weighted by Crippen LogP contribution is 2.38. The zero-order valence-electron chi connectivity index (χ0n) is 10.0. The highest BCUT2D eigenvalue weighted by atomic mass is 79.9. The first-order valence-corrected chi connectivity index (χ1v) is 6.51. The summed E-state index contributed by atoms with van der Waals surface area (Å²) in [6.45, 7) is 4.36. The van der Waals surface area contributed by atoms with E-state index in [2.05, 4.69) is 45.1 Å². The SMILES string of the molecule is CNC(C)(C)Cc1nc(C2CC2)ncc1Br. The van der Waals surface area contributed by atoms with E-state index >= 15 is 0 Å². The van der Waals surface area contributed by atoms with Gasteiger partial charge in [-0.1, -0.05) is 0 Å². The summed E-state index contributed by atoms with van der Waals surface area (Å²) in [5, 5.41) is 3.30. The maximum atomic E-state index is 4.67. The molecule has 3 nitrogen and oxygen atoms in total. The van der Waals surface area contributed by atoms with Crippen molar-refractivity contribution >= 4 is 15.9 Å².